The van der Waals surface area contributed by atoms with Gasteiger partial charge in [-0.25, -0.2) is 0 Å². The van der Waals surface area contributed by atoms with E-state index in [2.05, 4.69) is 13.8 Å². The number of rotatable bonds is 5. The standard InChI is InChI=1S/C18H25ClN2O2/c1-3-15(4-2)18(23)21-10-8-20(9-11-21)17(22)13-14-6-5-7-16(19)12-14/h5-7,12,15H,3-4,8-11,13H2,1-2H3. The Labute approximate surface area is 143 Å². The van der Waals surface area contributed by atoms with Gasteiger partial charge in [-0.3, -0.25) is 9.59 Å². The predicted octanol–water partition coefficient (Wildman–Crippen LogP) is 2.99. The Morgan fingerprint density at radius 1 is 1.09 bits per heavy atom. The highest BCUT2D eigenvalue weighted by atomic mass is 35.5. The van der Waals surface area contributed by atoms with Crippen LogP contribution in [0.5, 0.6) is 0 Å². The first-order chi connectivity index (χ1) is 11.0. The molecule has 4 nitrogen and oxygen atoms in total. The van der Waals surface area contributed by atoms with Crippen molar-refractivity contribution in [2.45, 2.75) is 33.1 Å². The van der Waals surface area contributed by atoms with E-state index in [1.165, 1.54) is 0 Å². The van der Waals surface area contributed by atoms with E-state index >= 15 is 0 Å². The third kappa shape index (κ3) is 4.71. The van der Waals surface area contributed by atoms with Gasteiger partial charge in [0, 0.05) is 37.1 Å². The van der Waals surface area contributed by atoms with Crippen molar-refractivity contribution in [2.75, 3.05) is 26.2 Å². The minimum Gasteiger partial charge on any atom is -0.339 e. The van der Waals surface area contributed by atoms with Crippen molar-refractivity contribution in [3.05, 3.63) is 34.9 Å². The molecule has 1 heterocycles. The first-order valence-electron chi connectivity index (χ1n) is 8.36. The number of amides is 2. The van der Waals surface area contributed by atoms with E-state index in [4.69, 9.17) is 11.6 Å². The smallest absolute Gasteiger partial charge is 0.227 e. The molecule has 1 aliphatic heterocycles. The first-order valence-corrected chi connectivity index (χ1v) is 8.74. The predicted molar refractivity (Wildman–Crippen MR) is 92.4 cm³/mol. The molecule has 1 aromatic carbocycles. The van der Waals surface area contributed by atoms with Gasteiger partial charge in [0.2, 0.25) is 11.8 Å². The summed E-state index contributed by atoms with van der Waals surface area (Å²) in [7, 11) is 0. The van der Waals surface area contributed by atoms with Gasteiger partial charge in [0.1, 0.15) is 0 Å². The molecule has 0 spiro atoms. The van der Waals surface area contributed by atoms with Crippen LogP contribution in [0, 0.1) is 5.92 Å². The van der Waals surface area contributed by atoms with Gasteiger partial charge in [-0.2, -0.15) is 0 Å². The van der Waals surface area contributed by atoms with Gasteiger partial charge in [0.05, 0.1) is 6.42 Å². The summed E-state index contributed by atoms with van der Waals surface area (Å²) in [5.74, 6) is 0.447. The Balaban J connectivity index is 1.86. The van der Waals surface area contributed by atoms with E-state index in [1.54, 1.807) is 6.07 Å². The lowest BCUT2D eigenvalue weighted by Gasteiger charge is -2.36. The normalized spacial score (nSPS) is 15.1. The van der Waals surface area contributed by atoms with Crippen molar-refractivity contribution in [3.8, 4) is 0 Å². The average molecular weight is 337 g/mol. The molecule has 1 saturated heterocycles. The fourth-order valence-corrected chi connectivity index (χ4v) is 3.22. The second kappa shape index (κ2) is 8.34. The lowest BCUT2D eigenvalue weighted by molar-refractivity contribution is -0.142. The molecule has 0 atom stereocenters. The third-order valence-electron chi connectivity index (χ3n) is 4.52. The number of halogens is 1. The minimum absolute atomic E-state index is 0.0990. The van der Waals surface area contributed by atoms with Gasteiger partial charge >= 0.3 is 0 Å². The number of carbonyl (C=O) groups excluding carboxylic acids is 2. The van der Waals surface area contributed by atoms with Crippen LogP contribution in [0.15, 0.2) is 24.3 Å². The van der Waals surface area contributed by atoms with Crippen molar-refractivity contribution in [3.63, 3.8) is 0 Å². The quantitative estimate of drug-likeness (QED) is 0.829. The molecular weight excluding hydrogens is 312 g/mol. The third-order valence-corrected chi connectivity index (χ3v) is 4.76. The van der Waals surface area contributed by atoms with Gasteiger partial charge < -0.3 is 9.80 Å². The molecule has 1 aromatic rings. The highest BCUT2D eigenvalue weighted by Crippen LogP contribution is 2.15. The molecule has 0 saturated carbocycles. The molecule has 0 unspecified atom stereocenters. The molecule has 23 heavy (non-hydrogen) atoms. The number of nitrogens with zero attached hydrogens (tertiary/aromatic N) is 2. The van der Waals surface area contributed by atoms with Crippen LogP contribution >= 0.6 is 11.6 Å². The SMILES string of the molecule is CCC(CC)C(=O)N1CCN(C(=O)Cc2cccc(Cl)c2)CC1. The van der Waals surface area contributed by atoms with E-state index in [0.29, 0.717) is 37.6 Å². The van der Waals surface area contributed by atoms with Crippen LogP contribution in [-0.2, 0) is 16.0 Å². The maximum absolute atomic E-state index is 12.4. The van der Waals surface area contributed by atoms with Gasteiger partial charge in [-0.1, -0.05) is 37.6 Å². The van der Waals surface area contributed by atoms with Crippen LogP contribution in [0.1, 0.15) is 32.3 Å². The molecule has 2 amide bonds. The summed E-state index contributed by atoms with van der Waals surface area (Å²) in [6, 6.07) is 7.40. The zero-order valence-corrected chi connectivity index (χ0v) is 14.7. The molecule has 0 aliphatic carbocycles. The number of hydrogen-bond acceptors (Lipinski definition) is 2. The summed E-state index contributed by atoms with van der Waals surface area (Å²) >= 11 is 5.96. The average Bonchev–Trinajstić information content (AvgIpc) is 2.56. The van der Waals surface area contributed by atoms with Crippen LogP contribution in [0.25, 0.3) is 0 Å². The lowest BCUT2D eigenvalue weighted by atomic mass is 10.0. The molecular formula is C18H25ClN2O2. The van der Waals surface area contributed by atoms with Gasteiger partial charge in [-0.05, 0) is 30.5 Å². The van der Waals surface area contributed by atoms with Crippen LogP contribution in [0.3, 0.4) is 0 Å². The highest BCUT2D eigenvalue weighted by molar-refractivity contribution is 6.30. The van der Waals surface area contributed by atoms with E-state index in [1.807, 2.05) is 28.0 Å². The Morgan fingerprint density at radius 3 is 2.26 bits per heavy atom. The van der Waals surface area contributed by atoms with Crippen LogP contribution < -0.4 is 0 Å². The summed E-state index contributed by atoms with van der Waals surface area (Å²) in [6.07, 6.45) is 2.12. The van der Waals surface area contributed by atoms with Crippen molar-refractivity contribution in [1.29, 1.82) is 0 Å². The summed E-state index contributed by atoms with van der Waals surface area (Å²) in [4.78, 5) is 28.5. The van der Waals surface area contributed by atoms with E-state index in [9.17, 15) is 9.59 Å². The Kier molecular flexibility index (Phi) is 6.46. The molecule has 0 N–H and O–H groups in total. The van der Waals surface area contributed by atoms with Crippen LogP contribution in [0.4, 0.5) is 0 Å². The van der Waals surface area contributed by atoms with Gasteiger partial charge in [-0.15, -0.1) is 0 Å². The molecule has 1 aliphatic rings. The largest absolute Gasteiger partial charge is 0.339 e. The monoisotopic (exact) mass is 336 g/mol. The topological polar surface area (TPSA) is 40.6 Å². The van der Waals surface area contributed by atoms with Gasteiger partial charge in [0.25, 0.3) is 0 Å². The minimum atomic E-state index is 0.0990. The zero-order valence-electron chi connectivity index (χ0n) is 13.9. The Hall–Kier alpha value is -1.55. The number of benzene rings is 1. The number of hydrogen-bond donors (Lipinski definition) is 0. The fraction of sp³-hybridized carbons (Fsp3) is 0.556. The Morgan fingerprint density at radius 2 is 1.70 bits per heavy atom. The van der Waals surface area contributed by atoms with E-state index in [-0.39, 0.29) is 17.7 Å². The molecule has 0 bridgehead atoms. The maximum atomic E-state index is 12.4. The zero-order chi connectivity index (χ0) is 16.8. The first kappa shape index (κ1) is 17.8. The molecule has 5 heteroatoms. The number of carbonyl (C=O) groups is 2. The summed E-state index contributed by atoms with van der Waals surface area (Å²) in [5, 5.41) is 0.649. The molecule has 126 valence electrons. The second-order valence-electron chi connectivity index (χ2n) is 6.03. The number of piperazine rings is 1. The van der Waals surface area contributed by atoms with Crippen LogP contribution in [-0.4, -0.2) is 47.8 Å². The maximum Gasteiger partial charge on any atom is 0.227 e. The van der Waals surface area contributed by atoms with E-state index in [0.717, 1.165) is 18.4 Å². The van der Waals surface area contributed by atoms with Crippen molar-refractivity contribution in [2.24, 2.45) is 5.92 Å². The molecule has 1 fully saturated rings. The lowest BCUT2D eigenvalue weighted by Crippen LogP contribution is -2.52. The molecule has 0 radical (unpaired) electrons. The van der Waals surface area contributed by atoms with Gasteiger partial charge in [0.15, 0.2) is 0 Å². The second-order valence-corrected chi connectivity index (χ2v) is 6.46. The molecule has 2 rings (SSSR count). The van der Waals surface area contributed by atoms with Crippen molar-refractivity contribution >= 4 is 23.4 Å². The summed E-state index contributed by atoms with van der Waals surface area (Å²) < 4.78 is 0. The highest BCUT2D eigenvalue weighted by Gasteiger charge is 2.27. The fourth-order valence-electron chi connectivity index (χ4n) is 3.01. The molecule has 0 aromatic heterocycles. The van der Waals surface area contributed by atoms with Crippen molar-refractivity contribution in [1.82, 2.24) is 9.80 Å². The van der Waals surface area contributed by atoms with Crippen molar-refractivity contribution < 1.29 is 9.59 Å². The van der Waals surface area contributed by atoms with Crippen LogP contribution in [0.2, 0.25) is 5.02 Å². The summed E-state index contributed by atoms with van der Waals surface area (Å²) in [5.41, 5.74) is 0.929. The summed E-state index contributed by atoms with van der Waals surface area (Å²) in [6.45, 7) is 6.61. The van der Waals surface area contributed by atoms with E-state index < -0.39 is 0 Å². The Bertz CT molecular complexity index is 550.